The summed E-state index contributed by atoms with van der Waals surface area (Å²) in [6.07, 6.45) is 2.89. The van der Waals surface area contributed by atoms with E-state index in [0.717, 1.165) is 58.7 Å². The van der Waals surface area contributed by atoms with Crippen LogP contribution in [-0.2, 0) is 9.47 Å². The molecule has 1 aliphatic rings. The van der Waals surface area contributed by atoms with Crippen LogP contribution in [0.5, 0.6) is 0 Å². The van der Waals surface area contributed by atoms with Crippen LogP contribution < -0.4 is 5.32 Å². The molecule has 1 N–H and O–H groups in total. The fraction of sp³-hybridized carbons (Fsp3) is 0.941. The Hall–Kier alpha value is -0.850. The van der Waals surface area contributed by atoms with Crippen molar-refractivity contribution in [1.82, 2.24) is 15.1 Å². The summed E-state index contributed by atoms with van der Waals surface area (Å²) < 4.78 is 11.0. The van der Waals surface area contributed by atoms with Crippen molar-refractivity contribution in [3.05, 3.63) is 0 Å². The standard InChI is InChI=1S/C17H35N3O3/c1-17(2,3)23-16(21)20-10-6-7-15(8-11-20)18-9-13-22-14-12-19(4)5/h15,18H,6-14H2,1-5H3. The second-order valence-electron chi connectivity index (χ2n) is 7.46. The molecule has 1 amide bonds. The molecular weight excluding hydrogens is 294 g/mol. The van der Waals surface area contributed by atoms with Gasteiger partial charge in [-0.05, 0) is 54.1 Å². The van der Waals surface area contributed by atoms with E-state index in [2.05, 4.69) is 10.2 Å². The van der Waals surface area contributed by atoms with Crippen LogP contribution in [0.2, 0.25) is 0 Å². The molecule has 23 heavy (non-hydrogen) atoms. The van der Waals surface area contributed by atoms with Crippen molar-refractivity contribution in [1.29, 1.82) is 0 Å². The van der Waals surface area contributed by atoms with E-state index in [1.165, 1.54) is 0 Å². The zero-order valence-electron chi connectivity index (χ0n) is 15.6. The number of rotatable bonds is 7. The molecule has 1 aliphatic heterocycles. The van der Waals surface area contributed by atoms with Crippen molar-refractivity contribution in [3.63, 3.8) is 0 Å². The van der Waals surface area contributed by atoms with Crippen molar-refractivity contribution in [2.24, 2.45) is 0 Å². The maximum Gasteiger partial charge on any atom is 0.410 e. The Bertz CT molecular complexity index is 342. The van der Waals surface area contributed by atoms with E-state index in [1.807, 2.05) is 39.8 Å². The fourth-order valence-corrected chi connectivity index (χ4v) is 2.49. The van der Waals surface area contributed by atoms with Crippen LogP contribution in [0, 0.1) is 0 Å². The van der Waals surface area contributed by atoms with Gasteiger partial charge in [0.15, 0.2) is 0 Å². The highest BCUT2D eigenvalue weighted by atomic mass is 16.6. The molecule has 1 heterocycles. The lowest BCUT2D eigenvalue weighted by Gasteiger charge is -2.26. The van der Waals surface area contributed by atoms with Crippen LogP contribution in [-0.4, -0.2) is 81.0 Å². The predicted molar refractivity (Wildman–Crippen MR) is 92.8 cm³/mol. The van der Waals surface area contributed by atoms with Gasteiger partial charge in [-0.3, -0.25) is 0 Å². The summed E-state index contributed by atoms with van der Waals surface area (Å²) in [7, 11) is 4.09. The first-order chi connectivity index (χ1) is 10.8. The zero-order valence-corrected chi connectivity index (χ0v) is 15.6. The van der Waals surface area contributed by atoms with Crippen molar-refractivity contribution in [3.8, 4) is 0 Å². The molecule has 0 spiro atoms. The first-order valence-electron chi connectivity index (χ1n) is 8.72. The largest absolute Gasteiger partial charge is 0.444 e. The molecule has 0 aliphatic carbocycles. The van der Waals surface area contributed by atoms with Crippen LogP contribution in [0.1, 0.15) is 40.0 Å². The molecule has 1 unspecified atom stereocenters. The number of hydrogen-bond donors (Lipinski definition) is 1. The Kier molecular flexibility index (Phi) is 8.87. The highest BCUT2D eigenvalue weighted by Crippen LogP contribution is 2.15. The van der Waals surface area contributed by atoms with Gasteiger partial charge in [-0.15, -0.1) is 0 Å². The Labute approximate surface area is 141 Å². The van der Waals surface area contributed by atoms with Crippen molar-refractivity contribution >= 4 is 6.09 Å². The van der Waals surface area contributed by atoms with E-state index >= 15 is 0 Å². The van der Waals surface area contributed by atoms with Gasteiger partial charge >= 0.3 is 6.09 Å². The van der Waals surface area contributed by atoms with E-state index < -0.39 is 5.60 Å². The molecule has 1 saturated heterocycles. The van der Waals surface area contributed by atoms with Crippen LogP contribution in [0.4, 0.5) is 4.79 Å². The number of carbonyl (C=O) groups excluding carboxylic acids is 1. The number of amides is 1. The molecule has 6 heteroatoms. The van der Waals surface area contributed by atoms with E-state index in [9.17, 15) is 4.79 Å². The summed E-state index contributed by atoms with van der Waals surface area (Å²) in [6.45, 7) is 10.6. The summed E-state index contributed by atoms with van der Waals surface area (Å²) in [4.78, 5) is 16.1. The number of likely N-dealkylation sites (N-methyl/N-ethyl adjacent to an activating group) is 1. The second kappa shape index (κ2) is 10.1. The maximum absolute atomic E-state index is 12.1. The van der Waals surface area contributed by atoms with Gasteiger partial charge in [0.1, 0.15) is 5.60 Å². The van der Waals surface area contributed by atoms with Gasteiger partial charge < -0.3 is 24.6 Å². The molecule has 0 aromatic carbocycles. The van der Waals surface area contributed by atoms with Gasteiger partial charge in [-0.2, -0.15) is 0 Å². The number of nitrogens with one attached hydrogen (secondary N) is 1. The van der Waals surface area contributed by atoms with Gasteiger partial charge in [-0.1, -0.05) is 0 Å². The molecule has 0 bridgehead atoms. The molecule has 1 atom stereocenters. The molecule has 0 radical (unpaired) electrons. The van der Waals surface area contributed by atoms with Gasteiger partial charge in [0.2, 0.25) is 0 Å². The third kappa shape index (κ3) is 9.79. The highest BCUT2D eigenvalue weighted by Gasteiger charge is 2.24. The van der Waals surface area contributed by atoms with Crippen LogP contribution in [0.25, 0.3) is 0 Å². The number of likely N-dealkylation sites (tertiary alicyclic amines) is 1. The maximum atomic E-state index is 12.1. The molecule has 6 nitrogen and oxygen atoms in total. The molecular formula is C17H35N3O3. The first kappa shape index (κ1) is 20.2. The Morgan fingerprint density at radius 3 is 2.61 bits per heavy atom. The Morgan fingerprint density at radius 1 is 1.22 bits per heavy atom. The zero-order chi connectivity index (χ0) is 17.3. The quantitative estimate of drug-likeness (QED) is 0.724. The normalized spacial score (nSPS) is 19.7. The van der Waals surface area contributed by atoms with E-state index in [0.29, 0.717) is 6.04 Å². The van der Waals surface area contributed by atoms with Crippen LogP contribution in [0.15, 0.2) is 0 Å². The van der Waals surface area contributed by atoms with E-state index in [4.69, 9.17) is 9.47 Å². The molecule has 0 saturated carbocycles. The lowest BCUT2D eigenvalue weighted by atomic mass is 10.1. The van der Waals surface area contributed by atoms with Gasteiger partial charge in [0.25, 0.3) is 0 Å². The number of hydrogen-bond acceptors (Lipinski definition) is 5. The van der Waals surface area contributed by atoms with Gasteiger partial charge in [0, 0.05) is 32.2 Å². The number of ether oxygens (including phenoxy) is 2. The van der Waals surface area contributed by atoms with Gasteiger partial charge in [0.05, 0.1) is 13.2 Å². The predicted octanol–water partition coefficient (Wildman–Crippen LogP) is 1.94. The third-order valence-electron chi connectivity index (χ3n) is 3.74. The van der Waals surface area contributed by atoms with Crippen molar-refractivity contribution in [2.75, 3.05) is 53.5 Å². The number of nitrogens with zero attached hydrogens (tertiary/aromatic N) is 2. The monoisotopic (exact) mass is 329 g/mol. The molecule has 1 fully saturated rings. The minimum atomic E-state index is -0.426. The summed E-state index contributed by atoms with van der Waals surface area (Å²) >= 11 is 0. The minimum absolute atomic E-state index is 0.190. The topological polar surface area (TPSA) is 54.0 Å². The van der Waals surface area contributed by atoms with Crippen LogP contribution in [0.3, 0.4) is 0 Å². The summed E-state index contributed by atoms with van der Waals surface area (Å²) in [5.74, 6) is 0. The minimum Gasteiger partial charge on any atom is -0.444 e. The van der Waals surface area contributed by atoms with Crippen molar-refractivity contribution in [2.45, 2.75) is 51.7 Å². The molecule has 1 rings (SSSR count). The van der Waals surface area contributed by atoms with Crippen molar-refractivity contribution < 1.29 is 14.3 Å². The first-order valence-corrected chi connectivity index (χ1v) is 8.72. The Morgan fingerprint density at radius 2 is 1.96 bits per heavy atom. The Balaban J connectivity index is 2.18. The van der Waals surface area contributed by atoms with E-state index in [1.54, 1.807) is 0 Å². The fourth-order valence-electron chi connectivity index (χ4n) is 2.49. The average molecular weight is 329 g/mol. The lowest BCUT2D eigenvalue weighted by Crippen LogP contribution is -2.38. The highest BCUT2D eigenvalue weighted by molar-refractivity contribution is 5.68. The number of carbonyl (C=O) groups is 1. The summed E-state index contributed by atoms with van der Waals surface area (Å²) in [5.41, 5.74) is -0.426. The second-order valence-corrected chi connectivity index (χ2v) is 7.46. The lowest BCUT2D eigenvalue weighted by molar-refractivity contribution is 0.0256. The molecule has 0 aromatic heterocycles. The molecule has 0 aromatic rings. The summed E-state index contributed by atoms with van der Waals surface area (Å²) in [5, 5.41) is 3.54. The molecule has 136 valence electrons. The van der Waals surface area contributed by atoms with Crippen LogP contribution >= 0.6 is 0 Å². The smallest absolute Gasteiger partial charge is 0.410 e. The average Bonchev–Trinajstić information content (AvgIpc) is 2.66. The van der Waals surface area contributed by atoms with Gasteiger partial charge in [-0.25, -0.2) is 4.79 Å². The summed E-state index contributed by atoms with van der Waals surface area (Å²) in [6, 6.07) is 0.458. The van der Waals surface area contributed by atoms with E-state index in [-0.39, 0.29) is 6.09 Å². The SMILES string of the molecule is CN(C)CCOCCNC1CCCN(C(=O)OC(C)(C)C)CC1. The third-order valence-corrected chi connectivity index (χ3v) is 3.74.